The van der Waals surface area contributed by atoms with Crippen LogP contribution in [0.15, 0.2) is 99.9 Å². The standard InChI is InChI=1S/C14H14BrN5O2.C9H6BrN5.C7H5BrN2/c1-14(2,3)22-13(21)19-5-4-9-10(15)6-11(18-12(9)19)20-8-16-7-17-20;10-7-3-8(15-5-11-4-13-15)14-9-6(7)1-2-12-9;8-6-2-4-10-7-5(6)1-3-9-7/h4-8H,1-3H3;1-5H,(H,12,14);1-4H,(H,9,10). The number of H-pyrrole nitrogens is 2. The average Bonchev–Trinajstić information content (AvgIpc) is 3.87. The van der Waals surface area contributed by atoms with Crippen LogP contribution in [-0.2, 0) is 4.74 Å². The number of fused-ring (bicyclic) bond motifs is 3. The van der Waals surface area contributed by atoms with Crippen LogP contribution in [0, 0.1) is 0 Å². The number of carbonyl (C=O) groups excluding carboxylic acids is 1. The zero-order valence-corrected chi connectivity index (χ0v) is 29.8. The van der Waals surface area contributed by atoms with Crippen molar-refractivity contribution >= 4 is 87.0 Å². The molecule has 0 atom stereocenters. The van der Waals surface area contributed by atoms with Crippen molar-refractivity contribution in [2.75, 3.05) is 0 Å². The molecule has 8 aromatic heterocycles. The molecule has 0 bridgehead atoms. The molecule has 0 aromatic carbocycles. The molecular formula is C30H25Br3N12O2. The monoisotopic (exact) mass is 822 g/mol. The van der Waals surface area contributed by atoms with Crippen molar-refractivity contribution in [3.8, 4) is 11.6 Å². The van der Waals surface area contributed by atoms with Crippen molar-refractivity contribution in [2.24, 2.45) is 0 Å². The van der Waals surface area contributed by atoms with Crippen LogP contribution in [0.25, 0.3) is 44.7 Å². The maximum absolute atomic E-state index is 12.3. The van der Waals surface area contributed by atoms with E-state index in [2.05, 4.69) is 92.9 Å². The summed E-state index contributed by atoms with van der Waals surface area (Å²) in [6, 6.07) is 11.4. The third-order valence-corrected chi connectivity index (χ3v) is 8.37. The van der Waals surface area contributed by atoms with E-state index in [9.17, 15) is 4.79 Å². The highest BCUT2D eigenvalue weighted by Gasteiger charge is 2.21. The van der Waals surface area contributed by atoms with Crippen molar-refractivity contribution in [3.63, 3.8) is 0 Å². The minimum Gasteiger partial charge on any atom is -0.443 e. The number of hydrogen-bond acceptors (Lipinski definition) is 9. The van der Waals surface area contributed by atoms with Gasteiger partial charge in [-0.2, -0.15) is 10.2 Å². The van der Waals surface area contributed by atoms with Gasteiger partial charge in [0.15, 0.2) is 17.3 Å². The van der Waals surface area contributed by atoms with E-state index in [1.54, 1.807) is 35.8 Å². The summed E-state index contributed by atoms with van der Waals surface area (Å²) in [5.74, 6) is 1.29. The topological polar surface area (TPSA) is 163 Å². The zero-order chi connectivity index (χ0) is 33.1. The molecule has 8 aromatic rings. The number of ether oxygens (including phenoxy) is 1. The zero-order valence-electron chi connectivity index (χ0n) is 25.0. The van der Waals surface area contributed by atoms with Gasteiger partial charge >= 0.3 is 6.09 Å². The van der Waals surface area contributed by atoms with Crippen molar-refractivity contribution < 1.29 is 9.53 Å². The highest BCUT2D eigenvalue weighted by molar-refractivity contribution is 9.11. The quantitative estimate of drug-likeness (QED) is 0.181. The van der Waals surface area contributed by atoms with Gasteiger partial charge in [0.1, 0.15) is 42.2 Å². The molecule has 0 unspecified atom stereocenters. The molecule has 0 radical (unpaired) electrons. The summed E-state index contributed by atoms with van der Waals surface area (Å²) < 4.78 is 12.8. The van der Waals surface area contributed by atoms with Gasteiger partial charge in [-0.05, 0) is 105 Å². The van der Waals surface area contributed by atoms with E-state index in [0.29, 0.717) is 11.5 Å². The van der Waals surface area contributed by atoms with Gasteiger partial charge < -0.3 is 14.7 Å². The second-order valence-electron chi connectivity index (χ2n) is 10.8. The van der Waals surface area contributed by atoms with E-state index < -0.39 is 11.7 Å². The smallest absolute Gasteiger partial charge is 0.420 e. The second-order valence-corrected chi connectivity index (χ2v) is 13.3. The Morgan fingerprint density at radius 1 is 0.766 bits per heavy atom. The lowest BCUT2D eigenvalue weighted by Gasteiger charge is -2.19. The highest BCUT2D eigenvalue weighted by Crippen LogP contribution is 2.27. The summed E-state index contributed by atoms with van der Waals surface area (Å²) in [5, 5.41) is 11.1. The minimum absolute atomic E-state index is 0.474. The molecule has 17 heteroatoms. The van der Waals surface area contributed by atoms with Crippen LogP contribution in [-0.4, -0.2) is 70.7 Å². The van der Waals surface area contributed by atoms with Gasteiger partial charge in [-0.25, -0.2) is 43.6 Å². The van der Waals surface area contributed by atoms with Crippen molar-refractivity contribution in [3.05, 3.63) is 99.9 Å². The third-order valence-electron chi connectivity index (χ3n) is 6.36. The van der Waals surface area contributed by atoms with Crippen LogP contribution in [0.4, 0.5) is 4.79 Å². The number of carbonyl (C=O) groups is 1. The molecule has 0 aliphatic carbocycles. The van der Waals surface area contributed by atoms with E-state index >= 15 is 0 Å². The summed E-state index contributed by atoms with van der Waals surface area (Å²) in [5.41, 5.74) is 1.67. The number of pyridine rings is 3. The molecule has 8 heterocycles. The Morgan fingerprint density at radius 3 is 1.96 bits per heavy atom. The number of aromatic nitrogens is 12. The molecule has 14 nitrogen and oxygen atoms in total. The maximum atomic E-state index is 12.3. The van der Waals surface area contributed by atoms with Gasteiger partial charge in [-0.15, -0.1) is 0 Å². The first-order chi connectivity index (χ1) is 22.6. The van der Waals surface area contributed by atoms with Crippen molar-refractivity contribution in [2.45, 2.75) is 26.4 Å². The molecule has 238 valence electrons. The number of rotatable bonds is 2. The summed E-state index contributed by atoms with van der Waals surface area (Å²) in [7, 11) is 0. The molecule has 0 saturated heterocycles. The van der Waals surface area contributed by atoms with Crippen LogP contribution >= 0.6 is 47.8 Å². The molecule has 8 rings (SSSR count). The van der Waals surface area contributed by atoms with Gasteiger partial charge in [0.2, 0.25) is 0 Å². The fourth-order valence-corrected chi connectivity index (χ4v) is 5.79. The Hall–Kier alpha value is -4.74. The summed E-state index contributed by atoms with van der Waals surface area (Å²) in [6.07, 6.45) is 12.7. The minimum atomic E-state index is -0.575. The van der Waals surface area contributed by atoms with Crippen LogP contribution in [0.1, 0.15) is 20.8 Å². The fraction of sp³-hybridized carbons (Fsp3) is 0.133. The van der Waals surface area contributed by atoms with Crippen LogP contribution in [0.2, 0.25) is 0 Å². The molecule has 0 amide bonds. The van der Waals surface area contributed by atoms with Gasteiger partial charge in [0, 0.05) is 54.4 Å². The van der Waals surface area contributed by atoms with Gasteiger partial charge in [0.05, 0.1) is 0 Å². The van der Waals surface area contributed by atoms with E-state index in [4.69, 9.17) is 4.74 Å². The average molecular weight is 825 g/mol. The molecule has 0 aliphatic rings. The summed E-state index contributed by atoms with van der Waals surface area (Å²) >= 11 is 10.4. The Labute approximate surface area is 292 Å². The largest absolute Gasteiger partial charge is 0.443 e. The molecule has 47 heavy (non-hydrogen) atoms. The SMILES string of the molecule is Brc1cc(-n2cncn2)nc2[nH]ccc12.Brc1ccnc2[nH]ccc12.CC(C)(C)OC(=O)n1ccc2c(Br)cc(-n3cncn3)nc21. The molecular weight excluding hydrogens is 800 g/mol. The molecule has 0 spiro atoms. The Balaban J connectivity index is 0.000000133. The van der Waals surface area contributed by atoms with E-state index in [1.807, 2.05) is 63.5 Å². The molecule has 2 N–H and O–H groups in total. The van der Waals surface area contributed by atoms with Gasteiger partial charge in [-0.3, -0.25) is 0 Å². The van der Waals surface area contributed by atoms with Crippen LogP contribution in [0.5, 0.6) is 0 Å². The fourth-order valence-electron chi connectivity index (χ4n) is 4.31. The maximum Gasteiger partial charge on any atom is 0.420 e. The predicted octanol–water partition coefficient (Wildman–Crippen LogP) is 7.39. The Bertz CT molecular complexity index is 2280. The Kier molecular flexibility index (Phi) is 9.28. The van der Waals surface area contributed by atoms with Crippen LogP contribution in [0.3, 0.4) is 0 Å². The molecule has 0 aliphatic heterocycles. The van der Waals surface area contributed by atoms with Crippen molar-refractivity contribution in [1.29, 1.82) is 0 Å². The van der Waals surface area contributed by atoms with Crippen molar-refractivity contribution in [1.82, 2.24) is 59.0 Å². The Morgan fingerprint density at radius 2 is 1.36 bits per heavy atom. The molecule has 0 saturated carbocycles. The predicted molar refractivity (Wildman–Crippen MR) is 186 cm³/mol. The number of aromatic amines is 2. The lowest BCUT2D eigenvalue weighted by molar-refractivity contribution is 0.0543. The van der Waals surface area contributed by atoms with E-state index in [-0.39, 0.29) is 0 Å². The number of nitrogens with one attached hydrogen (secondary N) is 2. The van der Waals surface area contributed by atoms with Gasteiger partial charge in [0.25, 0.3) is 0 Å². The van der Waals surface area contributed by atoms with E-state index in [0.717, 1.165) is 46.7 Å². The normalized spacial score (nSPS) is 11.3. The second kappa shape index (κ2) is 13.5. The lowest BCUT2D eigenvalue weighted by atomic mass is 10.2. The number of hydrogen-bond donors (Lipinski definition) is 2. The van der Waals surface area contributed by atoms with E-state index in [1.165, 1.54) is 21.9 Å². The first kappa shape index (κ1) is 32.2. The first-order valence-corrected chi connectivity index (χ1v) is 16.3. The number of halogens is 3. The third kappa shape index (κ3) is 7.31. The number of nitrogens with zero attached hydrogens (tertiary/aromatic N) is 10. The lowest BCUT2D eigenvalue weighted by Crippen LogP contribution is -2.27. The highest BCUT2D eigenvalue weighted by atomic mass is 79.9. The summed E-state index contributed by atoms with van der Waals surface area (Å²) in [6.45, 7) is 5.46. The van der Waals surface area contributed by atoms with Crippen LogP contribution < -0.4 is 0 Å². The van der Waals surface area contributed by atoms with Gasteiger partial charge in [-0.1, -0.05) is 0 Å². The molecule has 0 fully saturated rings. The first-order valence-electron chi connectivity index (χ1n) is 13.9. The summed E-state index contributed by atoms with van der Waals surface area (Å²) in [4.78, 5) is 39.2.